The average molecular weight is 334 g/mol. The Hall–Kier alpha value is -1.76. The third kappa shape index (κ3) is 3.60. The first-order valence-corrected chi connectivity index (χ1v) is 9.05. The number of amides is 1. The Balaban J connectivity index is 1.65. The second-order valence-electron chi connectivity index (χ2n) is 5.90. The quantitative estimate of drug-likeness (QED) is 0.787. The molecule has 0 radical (unpaired) electrons. The zero-order valence-corrected chi connectivity index (χ0v) is 14.4. The van der Waals surface area contributed by atoms with Crippen LogP contribution in [0.2, 0.25) is 0 Å². The van der Waals surface area contributed by atoms with Gasteiger partial charge in [-0.05, 0) is 37.8 Å². The van der Waals surface area contributed by atoms with Crippen molar-refractivity contribution in [1.82, 2.24) is 19.7 Å². The van der Waals surface area contributed by atoms with E-state index in [0.29, 0.717) is 23.3 Å². The zero-order chi connectivity index (χ0) is 16.2. The highest BCUT2D eigenvalue weighted by Gasteiger charge is 2.22. The van der Waals surface area contributed by atoms with Gasteiger partial charge in [-0.25, -0.2) is 0 Å². The highest BCUT2D eigenvalue weighted by Crippen LogP contribution is 2.25. The molecule has 2 aromatic rings. The summed E-state index contributed by atoms with van der Waals surface area (Å²) in [5.41, 5.74) is 0. The number of hydrogen-bond acceptors (Lipinski definition) is 5. The van der Waals surface area contributed by atoms with Gasteiger partial charge >= 0.3 is 0 Å². The monoisotopic (exact) mass is 334 g/mol. The van der Waals surface area contributed by atoms with E-state index in [9.17, 15) is 4.79 Å². The summed E-state index contributed by atoms with van der Waals surface area (Å²) in [6.45, 7) is 6.73. The molecule has 23 heavy (non-hydrogen) atoms. The summed E-state index contributed by atoms with van der Waals surface area (Å²) in [6, 6.07) is 3.70. The van der Waals surface area contributed by atoms with Crippen LogP contribution < -0.4 is 0 Å². The van der Waals surface area contributed by atoms with E-state index in [1.165, 1.54) is 18.2 Å². The molecule has 2 aromatic heterocycles. The molecule has 0 N–H and O–H groups in total. The summed E-state index contributed by atoms with van der Waals surface area (Å²) >= 11 is 1.45. The standard InChI is InChI=1S/C16H22N4O2S/c1-3-20-15(13-7-5-9-22-13)17-18-16(20)23-11-14(21)19-8-4-6-12(2)10-19/h5,7,9,12H,3-4,6,8,10-11H2,1-2H3/t12-/m0/s1. The summed E-state index contributed by atoms with van der Waals surface area (Å²) in [4.78, 5) is 14.4. The molecular weight excluding hydrogens is 312 g/mol. The fourth-order valence-electron chi connectivity index (χ4n) is 2.90. The van der Waals surface area contributed by atoms with Gasteiger partial charge in [0, 0.05) is 19.6 Å². The second kappa shape index (κ2) is 7.21. The lowest BCUT2D eigenvalue weighted by Crippen LogP contribution is -2.40. The van der Waals surface area contributed by atoms with Crippen molar-refractivity contribution in [3.8, 4) is 11.6 Å². The van der Waals surface area contributed by atoms with Crippen LogP contribution in [0, 0.1) is 5.92 Å². The van der Waals surface area contributed by atoms with Crippen LogP contribution in [-0.2, 0) is 11.3 Å². The van der Waals surface area contributed by atoms with E-state index in [4.69, 9.17) is 4.42 Å². The van der Waals surface area contributed by atoms with Crippen LogP contribution in [0.4, 0.5) is 0 Å². The van der Waals surface area contributed by atoms with Crippen molar-refractivity contribution in [2.45, 2.75) is 38.4 Å². The molecule has 0 aromatic carbocycles. The first-order chi connectivity index (χ1) is 11.2. The normalized spacial score (nSPS) is 18.3. The molecule has 0 spiro atoms. The van der Waals surface area contributed by atoms with Crippen molar-refractivity contribution < 1.29 is 9.21 Å². The molecule has 0 bridgehead atoms. The maximum absolute atomic E-state index is 12.4. The Bertz CT molecular complexity index is 653. The predicted molar refractivity (Wildman–Crippen MR) is 89.1 cm³/mol. The van der Waals surface area contributed by atoms with E-state index >= 15 is 0 Å². The number of carbonyl (C=O) groups is 1. The molecule has 6 nitrogen and oxygen atoms in total. The van der Waals surface area contributed by atoms with Crippen LogP contribution in [0.25, 0.3) is 11.6 Å². The number of carbonyl (C=O) groups excluding carboxylic acids is 1. The minimum Gasteiger partial charge on any atom is -0.461 e. The summed E-state index contributed by atoms with van der Waals surface area (Å²) in [6.07, 6.45) is 3.94. The van der Waals surface area contributed by atoms with Crippen molar-refractivity contribution in [2.75, 3.05) is 18.8 Å². The Kier molecular flexibility index (Phi) is 5.05. The van der Waals surface area contributed by atoms with Crippen LogP contribution in [0.1, 0.15) is 26.7 Å². The number of hydrogen-bond donors (Lipinski definition) is 0. The fraction of sp³-hybridized carbons (Fsp3) is 0.562. The number of furan rings is 1. The van der Waals surface area contributed by atoms with Crippen molar-refractivity contribution in [3.63, 3.8) is 0 Å². The smallest absolute Gasteiger partial charge is 0.233 e. The summed E-state index contributed by atoms with van der Waals surface area (Å²) < 4.78 is 7.38. The van der Waals surface area contributed by atoms with Crippen LogP contribution in [-0.4, -0.2) is 44.4 Å². The van der Waals surface area contributed by atoms with Gasteiger partial charge in [-0.2, -0.15) is 0 Å². The highest BCUT2D eigenvalue weighted by molar-refractivity contribution is 7.99. The van der Waals surface area contributed by atoms with E-state index in [1.807, 2.05) is 28.5 Å². The predicted octanol–water partition coefficient (Wildman–Crippen LogP) is 2.91. The highest BCUT2D eigenvalue weighted by atomic mass is 32.2. The van der Waals surface area contributed by atoms with Gasteiger partial charge in [0.25, 0.3) is 0 Å². The van der Waals surface area contributed by atoms with Crippen LogP contribution in [0.5, 0.6) is 0 Å². The molecule has 7 heteroatoms. The topological polar surface area (TPSA) is 64.2 Å². The van der Waals surface area contributed by atoms with Gasteiger partial charge in [-0.1, -0.05) is 18.7 Å². The van der Waals surface area contributed by atoms with Gasteiger partial charge in [0.15, 0.2) is 16.7 Å². The summed E-state index contributed by atoms with van der Waals surface area (Å²) in [5, 5.41) is 9.19. The van der Waals surface area contributed by atoms with Crippen LogP contribution in [0.3, 0.4) is 0 Å². The number of nitrogens with zero attached hydrogens (tertiary/aromatic N) is 4. The SMILES string of the molecule is CCn1c(SCC(=O)N2CCC[C@H](C)C2)nnc1-c1ccco1. The van der Waals surface area contributed by atoms with E-state index in [-0.39, 0.29) is 5.91 Å². The zero-order valence-electron chi connectivity index (χ0n) is 13.6. The van der Waals surface area contributed by atoms with Gasteiger partial charge in [0.1, 0.15) is 0 Å². The molecule has 1 fully saturated rings. The molecule has 124 valence electrons. The van der Waals surface area contributed by atoms with Gasteiger partial charge < -0.3 is 9.32 Å². The second-order valence-corrected chi connectivity index (χ2v) is 6.85. The first kappa shape index (κ1) is 16.1. The Labute approximate surface area is 140 Å². The molecule has 3 rings (SSSR count). The number of likely N-dealkylation sites (tertiary alicyclic amines) is 1. The molecule has 1 saturated heterocycles. The fourth-order valence-corrected chi connectivity index (χ4v) is 3.81. The van der Waals surface area contributed by atoms with E-state index in [0.717, 1.165) is 31.2 Å². The van der Waals surface area contributed by atoms with Crippen molar-refractivity contribution >= 4 is 17.7 Å². The largest absolute Gasteiger partial charge is 0.461 e. The maximum Gasteiger partial charge on any atom is 0.233 e. The number of aromatic nitrogens is 3. The van der Waals surface area contributed by atoms with Gasteiger partial charge in [0.05, 0.1) is 12.0 Å². The molecule has 1 atom stereocenters. The Morgan fingerprint density at radius 1 is 1.48 bits per heavy atom. The molecule has 1 amide bonds. The average Bonchev–Trinajstić information content (AvgIpc) is 3.21. The molecule has 1 aliphatic rings. The van der Waals surface area contributed by atoms with E-state index < -0.39 is 0 Å². The third-order valence-electron chi connectivity index (χ3n) is 4.11. The molecule has 0 unspecified atom stereocenters. The summed E-state index contributed by atoms with van der Waals surface area (Å²) in [7, 11) is 0. The first-order valence-electron chi connectivity index (χ1n) is 8.06. The van der Waals surface area contributed by atoms with Crippen LogP contribution in [0.15, 0.2) is 28.0 Å². The summed E-state index contributed by atoms with van der Waals surface area (Å²) in [5.74, 6) is 2.60. The lowest BCUT2D eigenvalue weighted by molar-refractivity contribution is -0.130. The minimum absolute atomic E-state index is 0.187. The molecule has 0 aliphatic carbocycles. The van der Waals surface area contributed by atoms with E-state index in [2.05, 4.69) is 17.1 Å². The number of piperidine rings is 1. The molecule has 0 saturated carbocycles. The lowest BCUT2D eigenvalue weighted by Gasteiger charge is -2.30. The molecule has 3 heterocycles. The van der Waals surface area contributed by atoms with Gasteiger partial charge in [0.2, 0.25) is 5.91 Å². The number of rotatable bonds is 5. The van der Waals surface area contributed by atoms with Gasteiger partial charge in [-0.3, -0.25) is 9.36 Å². The Morgan fingerprint density at radius 2 is 2.35 bits per heavy atom. The molecular formula is C16H22N4O2S. The Morgan fingerprint density at radius 3 is 3.04 bits per heavy atom. The minimum atomic E-state index is 0.187. The van der Waals surface area contributed by atoms with Crippen LogP contribution >= 0.6 is 11.8 Å². The van der Waals surface area contributed by atoms with Crippen molar-refractivity contribution in [1.29, 1.82) is 0 Å². The maximum atomic E-state index is 12.4. The molecule has 1 aliphatic heterocycles. The number of thioether (sulfide) groups is 1. The lowest BCUT2D eigenvalue weighted by atomic mass is 10.0. The third-order valence-corrected chi connectivity index (χ3v) is 5.06. The van der Waals surface area contributed by atoms with E-state index in [1.54, 1.807) is 6.26 Å². The van der Waals surface area contributed by atoms with Crippen molar-refractivity contribution in [3.05, 3.63) is 18.4 Å². The van der Waals surface area contributed by atoms with Gasteiger partial charge in [-0.15, -0.1) is 10.2 Å². The van der Waals surface area contributed by atoms with Crippen molar-refractivity contribution in [2.24, 2.45) is 5.92 Å².